The van der Waals surface area contributed by atoms with Crippen molar-refractivity contribution in [2.45, 2.75) is 33.3 Å². The van der Waals surface area contributed by atoms with E-state index in [2.05, 4.69) is 5.32 Å². The Balaban J connectivity index is 2.51. The lowest BCUT2D eigenvalue weighted by atomic mass is 10.1. The van der Waals surface area contributed by atoms with Crippen LogP contribution < -0.4 is 5.32 Å². The molecule has 0 unspecified atom stereocenters. The molecule has 5 heteroatoms. The third-order valence-corrected chi connectivity index (χ3v) is 2.47. The summed E-state index contributed by atoms with van der Waals surface area (Å²) in [5, 5.41) is 2.63. The van der Waals surface area contributed by atoms with Crippen LogP contribution in [0.3, 0.4) is 0 Å². The number of esters is 1. The van der Waals surface area contributed by atoms with Gasteiger partial charge >= 0.3 is 12.1 Å². The van der Waals surface area contributed by atoms with Crippen molar-refractivity contribution in [2.75, 3.05) is 13.2 Å². The van der Waals surface area contributed by atoms with Crippen LogP contribution in [0.25, 0.3) is 6.08 Å². The summed E-state index contributed by atoms with van der Waals surface area (Å²) in [7, 11) is 0. The molecule has 0 aliphatic carbocycles. The van der Waals surface area contributed by atoms with Gasteiger partial charge in [0.2, 0.25) is 0 Å². The monoisotopic (exact) mass is 305 g/mol. The van der Waals surface area contributed by atoms with Gasteiger partial charge < -0.3 is 14.8 Å². The zero-order valence-electron chi connectivity index (χ0n) is 13.5. The van der Waals surface area contributed by atoms with E-state index < -0.39 is 11.7 Å². The van der Waals surface area contributed by atoms with Gasteiger partial charge in [0.05, 0.1) is 12.2 Å². The van der Waals surface area contributed by atoms with Crippen LogP contribution in [-0.4, -0.2) is 30.8 Å². The number of nitrogens with one attached hydrogen (secondary N) is 1. The van der Waals surface area contributed by atoms with Gasteiger partial charge in [-0.2, -0.15) is 0 Å². The van der Waals surface area contributed by atoms with Crippen molar-refractivity contribution in [2.24, 2.45) is 0 Å². The fourth-order valence-electron chi connectivity index (χ4n) is 1.64. The van der Waals surface area contributed by atoms with Crippen molar-refractivity contribution in [3.63, 3.8) is 0 Å². The summed E-state index contributed by atoms with van der Waals surface area (Å²) in [5.74, 6) is -0.343. The SMILES string of the molecule is CCOC(=O)c1cccc(C=CCNC(=O)OC(C)(C)C)c1. The van der Waals surface area contributed by atoms with Crippen LogP contribution in [-0.2, 0) is 9.47 Å². The van der Waals surface area contributed by atoms with Gasteiger partial charge in [-0.05, 0) is 45.4 Å². The molecule has 0 aliphatic rings. The van der Waals surface area contributed by atoms with Crippen LogP contribution >= 0.6 is 0 Å². The molecule has 0 spiro atoms. The standard InChI is InChI=1S/C17H23NO4/c1-5-21-15(19)14-10-6-8-13(12-14)9-7-11-18-16(20)22-17(2,3)4/h6-10,12H,5,11H2,1-4H3,(H,18,20). The number of alkyl carbamates (subject to hydrolysis) is 1. The van der Waals surface area contributed by atoms with Gasteiger partial charge in [0.25, 0.3) is 0 Å². The lowest BCUT2D eigenvalue weighted by Crippen LogP contribution is -2.32. The van der Waals surface area contributed by atoms with Gasteiger partial charge in [0, 0.05) is 6.54 Å². The van der Waals surface area contributed by atoms with Crippen molar-refractivity contribution < 1.29 is 19.1 Å². The van der Waals surface area contributed by atoms with Gasteiger partial charge in [-0.25, -0.2) is 9.59 Å². The quantitative estimate of drug-likeness (QED) is 0.847. The molecular formula is C17H23NO4. The zero-order chi connectivity index (χ0) is 16.6. The highest BCUT2D eigenvalue weighted by molar-refractivity contribution is 5.90. The van der Waals surface area contributed by atoms with Crippen LogP contribution in [0.2, 0.25) is 0 Å². The van der Waals surface area contributed by atoms with E-state index in [1.807, 2.05) is 32.9 Å². The average Bonchev–Trinajstić information content (AvgIpc) is 2.42. The van der Waals surface area contributed by atoms with Crippen molar-refractivity contribution in [1.29, 1.82) is 0 Å². The van der Waals surface area contributed by atoms with Gasteiger partial charge in [0.1, 0.15) is 5.60 Å². The second-order valence-corrected chi connectivity index (χ2v) is 5.63. The second kappa shape index (κ2) is 8.22. The number of hydrogen-bond acceptors (Lipinski definition) is 4. The van der Waals surface area contributed by atoms with Gasteiger partial charge in [0.15, 0.2) is 0 Å². The molecule has 1 amide bonds. The molecule has 5 nitrogen and oxygen atoms in total. The maximum absolute atomic E-state index is 11.6. The molecule has 0 aromatic heterocycles. The predicted octanol–water partition coefficient (Wildman–Crippen LogP) is 3.40. The Morgan fingerprint density at radius 2 is 2.00 bits per heavy atom. The third kappa shape index (κ3) is 6.92. The molecular weight excluding hydrogens is 282 g/mol. The van der Waals surface area contributed by atoms with Crippen molar-refractivity contribution >= 4 is 18.1 Å². The van der Waals surface area contributed by atoms with Crippen molar-refractivity contribution in [3.05, 3.63) is 41.5 Å². The summed E-state index contributed by atoms with van der Waals surface area (Å²) >= 11 is 0. The summed E-state index contributed by atoms with van der Waals surface area (Å²) in [4.78, 5) is 23.1. The zero-order valence-corrected chi connectivity index (χ0v) is 13.5. The fraction of sp³-hybridized carbons (Fsp3) is 0.412. The van der Waals surface area contributed by atoms with Crippen molar-refractivity contribution in [3.8, 4) is 0 Å². The molecule has 1 aromatic rings. The predicted molar refractivity (Wildman–Crippen MR) is 85.7 cm³/mol. The Morgan fingerprint density at radius 1 is 1.27 bits per heavy atom. The third-order valence-electron chi connectivity index (χ3n) is 2.47. The maximum Gasteiger partial charge on any atom is 0.407 e. The lowest BCUT2D eigenvalue weighted by Gasteiger charge is -2.19. The first-order valence-electron chi connectivity index (χ1n) is 7.22. The normalized spacial score (nSPS) is 11.3. The molecule has 1 N–H and O–H groups in total. The van der Waals surface area contributed by atoms with Gasteiger partial charge in [-0.15, -0.1) is 0 Å². The Labute approximate surface area is 131 Å². The van der Waals surface area contributed by atoms with E-state index in [0.717, 1.165) is 5.56 Å². The second-order valence-electron chi connectivity index (χ2n) is 5.63. The van der Waals surface area contributed by atoms with Crippen LogP contribution in [0.15, 0.2) is 30.3 Å². The number of hydrogen-bond donors (Lipinski definition) is 1. The van der Waals surface area contributed by atoms with E-state index >= 15 is 0 Å². The minimum atomic E-state index is -0.512. The van der Waals surface area contributed by atoms with E-state index in [1.54, 1.807) is 31.2 Å². The van der Waals surface area contributed by atoms with E-state index in [0.29, 0.717) is 18.7 Å². The number of rotatable bonds is 5. The van der Waals surface area contributed by atoms with Crippen molar-refractivity contribution in [1.82, 2.24) is 5.32 Å². The first kappa shape index (κ1) is 17.8. The molecule has 0 saturated heterocycles. The summed E-state index contributed by atoms with van der Waals surface area (Å²) in [6.45, 7) is 7.89. The fourth-order valence-corrected chi connectivity index (χ4v) is 1.64. The Hall–Kier alpha value is -2.30. The van der Waals surface area contributed by atoms with Gasteiger partial charge in [-0.1, -0.05) is 24.3 Å². The van der Waals surface area contributed by atoms with Crippen LogP contribution in [0.5, 0.6) is 0 Å². The molecule has 0 bridgehead atoms. The topological polar surface area (TPSA) is 64.6 Å². The maximum atomic E-state index is 11.6. The Bertz CT molecular complexity index is 544. The number of amides is 1. The number of carbonyl (C=O) groups is 2. The molecule has 22 heavy (non-hydrogen) atoms. The summed E-state index contributed by atoms with van der Waals surface area (Å²) in [6, 6.07) is 7.09. The van der Waals surface area contributed by atoms with E-state index in [4.69, 9.17) is 9.47 Å². The molecule has 0 aliphatic heterocycles. The molecule has 1 rings (SSSR count). The number of benzene rings is 1. The van der Waals surface area contributed by atoms with E-state index in [1.165, 1.54) is 0 Å². The first-order chi connectivity index (χ1) is 10.3. The van der Waals surface area contributed by atoms with Crippen LogP contribution in [0.4, 0.5) is 4.79 Å². The first-order valence-corrected chi connectivity index (χ1v) is 7.22. The molecule has 0 fully saturated rings. The minimum Gasteiger partial charge on any atom is -0.462 e. The molecule has 0 atom stereocenters. The lowest BCUT2D eigenvalue weighted by molar-refractivity contribution is 0.0519. The number of ether oxygens (including phenoxy) is 2. The van der Waals surface area contributed by atoms with E-state index in [-0.39, 0.29) is 5.97 Å². The minimum absolute atomic E-state index is 0.343. The average molecular weight is 305 g/mol. The van der Waals surface area contributed by atoms with Crippen LogP contribution in [0.1, 0.15) is 43.6 Å². The largest absolute Gasteiger partial charge is 0.462 e. The smallest absolute Gasteiger partial charge is 0.407 e. The van der Waals surface area contributed by atoms with Crippen LogP contribution in [0, 0.1) is 0 Å². The Morgan fingerprint density at radius 3 is 2.64 bits per heavy atom. The highest BCUT2D eigenvalue weighted by Crippen LogP contribution is 2.09. The summed E-state index contributed by atoms with van der Waals surface area (Å²) in [6.07, 6.45) is 3.14. The Kier molecular flexibility index (Phi) is 6.63. The highest BCUT2D eigenvalue weighted by atomic mass is 16.6. The van der Waals surface area contributed by atoms with E-state index in [9.17, 15) is 9.59 Å². The number of carbonyl (C=O) groups excluding carboxylic acids is 2. The summed E-state index contributed by atoms with van der Waals surface area (Å²) < 4.78 is 10.1. The summed E-state index contributed by atoms with van der Waals surface area (Å²) in [5.41, 5.74) is 0.850. The molecule has 0 heterocycles. The molecule has 0 radical (unpaired) electrons. The van der Waals surface area contributed by atoms with Gasteiger partial charge in [-0.3, -0.25) is 0 Å². The molecule has 0 saturated carbocycles. The molecule has 1 aromatic carbocycles. The molecule has 120 valence electrons. The highest BCUT2D eigenvalue weighted by Gasteiger charge is 2.14.